The first-order valence-corrected chi connectivity index (χ1v) is 8.51. The predicted molar refractivity (Wildman–Crippen MR) is 96.3 cm³/mol. The molecule has 0 radical (unpaired) electrons. The van der Waals surface area contributed by atoms with Crippen molar-refractivity contribution in [3.05, 3.63) is 69.4 Å². The minimum Gasteiger partial charge on any atom is -0.388 e. The van der Waals surface area contributed by atoms with Crippen LogP contribution in [-0.4, -0.2) is 34.6 Å². The maximum absolute atomic E-state index is 12.5. The minimum atomic E-state index is -0.792. The molecule has 0 aliphatic carbocycles. The molecule has 0 saturated heterocycles. The third kappa shape index (κ3) is 3.46. The zero-order valence-electron chi connectivity index (χ0n) is 14.3. The number of rotatable bonds is 5. The summed E-state index contributed by atoms with van der Waals surface area (Å²) >= 11 is 5.85. The van der Waals surface area contributed by atoms with Gasteiger partial charge in [-0.25, -0.2) is 9.67 Å². The molecule has 0 aliphatic heterocycles. The van der Waals surface area contributed by atoms with E-state index in [1.807, 2.05) is 0 Å². The maximum Gasteiger partial charge on any atom is 0.293 e. The molecule has 3 aromatic heterocycles. The fraction of sp³-hybridized carbons (Fsp3) is 0.235. The number of aromatic nitrogens is 6. The van der Waals surface area contributed by atoms with E-state index < -0.39 is 6.10 Å². The van der Waals surface area contributed by atoms with Gasteiger partial charge < -0.3 is 14.2 Å². The minimum absolute atomic E-state index is 0.0317. The van der Waals surface area contributed by atoms with E-state index in [1.165, 1.54) is 10.9 Å². The Bertz CT molecular complexity index is 1150. The highest BCUT2D eigenvalue weighted by Gasteiger charge is 2.16. The van der Waals surface area contributed by atoms with E-state index in [0.717, 1.165) is 0 Å². The highest BCUT2D eigenvalue weighted by molar-refractivity contribution is 6.30. The van der Waals surface area contributed by atoms with Crippen LogP contribution in [0.2, 0.25) is 5.02 Å². The van der Waals surface area contributed by atoms with Crippen LogP contribution in [0.3, 0.4) is 0 Å². The third-order valence-electron chi connectivity index (χ3n) is 4.15. The maximum atomic E-state index is 12.5. The number of aliphatic hydroxyl groups is 1. The Kier molecular flexibility index (Phi) is 4.46. The van der Waals surface area contributed by atoms with Crippen LogP contribution in [0.15, 0.2) is 46.1 Å². The van der Waals surface area contributed by atoms with Crippen LogP contribution >= 0.6 is 11.6 Å². The van der Waals surface area contributed by atoms with Crippen LogP contribution in [-0.2, 0) is 20.0 Å². The summed E-state index contributed by atoms with van der Waals surface area (Å²) in [4.78, 5) is 20.8. The summed E-state index contributed by atoms with van der Waals surface area (Å²) in [6, 6.07) is 6.88. The van der Waals surface area contributed by atoms with Gasteiger partial charge in [-0.3, -0.25) is 4.79 Å². The van der Waals surface area contributed by atoms with Gasteiger partial charge in [-0.2, -0.15) is 10.1 Å². The molecule has 4 aromatic rings. The van der Waals surface area contributed by atoms with Gasteiger partial charge in [0.1, 0.15) is 17.6 Å². The molecule has 0 aliphatic rings. The van der Waals surface area contributed by atoms with Gasteiger partial charge in [-0.1, -0.05) is 28.9 Å². The second kappa shape index (κ2) is 6.93. The van der Waals surface area contributed by atoms with Crippen molar-refractivity contribution in [2.24, 2.45) is 7.05 Å². The number of nitrogens with zero attached hydrogens (tertiary/aromatic N) is 6. The summed E-state index contributed by atoms with van der Waals surface area (Å²) in [7, 11) is 1.74. The van der Waals surface area contributed by atoms with E-state index in [4.69, 9.17) is 16.1 Å². The Morgan fingerprint density at radius 1 is 1.30 bits per heavy atom. The van der Waals surface area contributed by atoms with E-state index in [0.29, 0.717) is 27.4 Å². The monoisotopic (exact) mass is 386 g/mol. The summed E-state index contributed by atoms with van der Waals surface area (Å²) in [5.41, 5.74) is 1.37. The molecule has 0 spiro atoms. The van der Waals surface area contributed by atoms with Crippen molar-refractivity contribution in [1.82, 2.24) is 29.5 Å². The fourth-order valence-electron chi connectivity index (χ4n) is 2.76. The lowest BCUT2D eigenvalue weighted by Gasteiger charge is -2.08. The van der Waals surface area contributed by atoms with Gasteiger partial charge in [0.05, 0.1) is 18.6 Å². The number of fused-ring (bicyclic) bond motifs is 1. The molecule has 0 bridgehead atoms. The van der Waals surface area contributed by atoms with Gasteiger partial charge in [-0.05, 0) is 17.7 Å². The van der Waals surface area contributed by atoms with Crippen molar-refractivity contribution in [1.29, 1.82) is 0 Å². The van der Waals surface area contributed by atoms with E-state index in [9.17, 15) is 9.90 Å². The van der Waals surface area contributed by atoms with Crippen LogP contribution < -0.4 is 5.56 Å². The predicted octanol–water partition coefficient (Wildman–Crippen LogP) is 1.49. The summed E-state index contributed by atoms with van der Waals surface area (Å²) in [5.74, 6) is 0.562. The molecule has 0 unspecified atom stereocenters. The van der Waals surface area contributed by atoms with Crippen molar-refractivity contribution in [2.45, 2.75) is 19.1 Å². The SMILES string of the molecule is Cn1cnc2cnn(Cc3nc(C[C@H](O)c4ccc(Cl)cc4)no3)c(=O)c21. The summed E-state index contributed by atoms with van der Waals surface area (Å²) in [6.07, 6.45) is 2.45. The lowest BCUT2D eigenvalue weighted by Crippen LogP contribution is -2.24. The van der Waals surface area contributed by atoms with Crippen LogP contribution in [0.25, 0.3) is 11.0 Å². The zero-order valence-corrected chi connectivity index (χ0v) is 15.0. The fourth-order valence-corrected chi connectivity index (χ4v) is 2.88. The Morgan fingerprint density at radius 3 is 2.85 bits per heavy atom. The first kappa shape index (κ1) is 17.4. The molecule has 1 N–H and O–H groups in total. The van der Waals surface area contributed by atoms with Crippen molar-refractivity contribution >= 4 is 22.6 Å². The number of aliphatic hydroxyl groups excluding tert-OH is 1. The number of hydrogen-bond donors (Lipinski definition) is 1. The summed E-state index contributed by atoms with van der Waals surface area (Å²) in [6.45, 7) is 0.0317. The van der Waals surface area contributed by atoms with E-state index >= 15 is 0 Å². The summed E-state index contributed by atoms with van der Waals surface area (Å²) < 4.78 is 8.06. The molecule has 0 amide bonds. The molecular formula is C17H15ClN6O3. The van der Waals surface area contributed by atoms with E-state index in [1.54, 1.807) is 42.2 Å². The Labute approximate surface area is 157 Å². The van der Waals surface area contributed by atoms with Crippen LogP contribution in [0.4, 0.5) is 0 Å². The van der Waals surface area contributed by atoms with E-state index in [2.05, 4.69) is 20.2 Å². The van der Waals surface area contributed by atoms with Gasteiger partial charge in [0.15, 0.2) is 5.82 Å². The lowest BCUT2D eigenvalue weighted by molar-refractivity contribution is 0.174. The smallest absolute Gasteiger partial charge is 0.293 e. The standard InChI is InChI=1S/C17H15ClN6O3/c1-23-9-19-12-7-20-24(17(26)16(12)23)8-15-21-14(22-27-15)6-13(25)10-2-4-11(18)5-3-10/h2-5,7,9,13,25H,6,8H2,1H3/t13-/m0/s1. The first-order chi connectivity index (χ1) is 13.0. The number of halogens is 1. The molecule has 3 heterocycles. The molecule has 0 saturated carbocycles. The first-order valence-electron chi connectivity index (χ1n) is 8.13. The topological polar surface area (TPSA) is 112 Å². The number of aryl methyl sites for hydroxylation is 1. The molecular weight excluding hydrogens is 372 g/mol. The van der Waals surface area contributed by atoms with Crippen LogP contribution in [0, 0.1) is 0 Å². The second-order valence-corrected chi connectivity index (χ2v) is 6.51. The average Bonchev–Trinajstić information content (AvgIpc) is 3.25. The Morgan fingerprint density at radius 2 is 2.07 bits per heavy atom. The summed E-state index contributed by atoms with van der Waals surface area (Å²) in [5, 5.41) is 18.8. The Balaban J connectivity index is 1.51. The van der Waals surface area contributed by atoms with Crippen molar-refractivity contribution in [3.8, 4) is 0 Å². The van der Waals surface area contributed by atoms with E-state index in [-0.39, 0.29) is 24.4 Å². The molecule has 27 heavy (non-hydrogen) atoms. The highest BCUT2D eigenvalue weighted by atomic mass is 35.5. The van der Waals surface area contributed by atoms with Crippen LogP contribution in [0.5, 0.6) is 0 Å². The molecule has 138 valence electrons. The quantitative estimate of drug-likeness (QED) is 0.553. The Hall–Kier alpha value is -3.04. The lowest BCUT2D eigenvalue weighted by atomic mass is 10.1. The van der Waals surface area contributed by atoms with Gasteiger partial charge in [0.25, 0.3) is 5.56 Å². The molecule has 10 heteroatoms. The second-order valence-electron chi connectivity index (χ2n) is 6.07. The number of benzene rings is 1. The van der Waals surface area contributed by atoms with Gasteiger partial charge in [0, 0.05) is 18.5 Å². The molecule has 0 fully saturated rings. The third-order valence-corrected chi connectivity index (χ3v) is 4.40. The highest BCUT2D eigenvalue weighted by Crippen LogP contribution is 2.19. The zero-order chi connectivity index (χ0) is 19.0. The number of hydrogen-bond acceptors (Lipinski definition) is 7. The van der Waals surface area contributed by atoms with Crippen molar-refractivity contribution in [3.63, 3.8) is 0 Å². The van der Waals surface area contributed by atoms with Gasteiger partial charge in [-0.15, -0.1) is 0 Å². The largest absolute Gasteiger partial charge is 0.388 e. The average molecular weight is 387 g/mol. The van der Waals surface area contributed by atoms with Crippen molar-refractivity contribution < 1.29 is 9.63 Å². The number of imidazole rings is 1. The van der Waals surface area contributed by atoms with Crippen molar-refractivity contribution in [2.75, 3.05) is 0 Å². The molecule has 1 atom stereocenters. The molecule has 1 aromatic carbocycles. The van der Waals surface area contributed by atoms with Gasteiger partial charge in [0.2, 0.25) is 5.89 Å². The van der Waals surface area contributed by atoms with Gasteiger partial charge >= 0.3 is 0 Å². The normalized spacial score (nSPS) is 12.6. The molecule has 9 nitrogen and oxygen atoms in total. The molecule has 4 rings (SSSR count). The van der Waals surface area contributed by atoms with Crippen LogP contribution in [0.1, 0.15) is 23.4 Å².